The summed E-state index contributed by atoms with van der Waals surface area (Å²) in [5.74, 6) is 0.370. The van der Waals surface area contributed by atoms with E-state index in [0.29, 0.717) is 5.75 Å². The van der Waals surface area contributed by atoms with E-state index in [1.165, 1.54) is 0 Å². The first-order chi connectivity index (χ1) is 11.7. The van der Waals surface area contributed by atoms with Gasteiger partial charge >= 0.3 is 0 Å². The molecular formula is C19H21BrN2O2. The highest BCUT2D eigenvalue weighted by Crippen LogP contribution is 2.15. The molecule has 5 heteroatoms. The second-order valence-corrected chi connectivity index (χ2v) is 6.22. The molecule has 0 aliphatic carbocycles. The molecule has 2 rings (SSSR count). The molecule has 0 atom stereocenters. The van der Waals surface area contributed by atoms with Crippen LogP contribution >= 0.6 is 15.9 Å². The third-order valence-electron chi connectivity index (χ3n) is 3.37. The quantitative estimate of drug-likeness (QED) is 0.532. The number of carbonyl (C=O) groups excluding carboxylic acids is 1. The first-order valence-corrected chi connectivity index (χ1v) is 8.77. The summed E-state index contributed by atoms with van der Waals surface area (Å²) in [6.45, 7) is 2.06. The maximum absolute atomic E-state index is 11.9. The van der Waals surface area contributed by atoms with Crippen LogP contribution in [0.5, 0.6) is 5.75 Å². The fourth-order valence-corrected chi connectivity index (χ4v) is 2.35. The van der Waals surface area contributed by atoms with Gasteiger partial charge in [0, 0.05) is 4.47 Å². The zero-order valence-electron chi connectivity index (χ0n) is 13.7. The van der Waals surface area contributed by atoms with Crippen molar-refractivity contribution in [3.63, 3.8) is 0 Å². The summed E-state index contributed by atoms with van der Waals surface area (Å²) in [5, 5.41) is 4.29. The number of hydrazone groups is 1. The summed E-state index contributed by atoms with van der Waals surface area (Å²) in [6.07, 6.45) is 2.93. The average molecular weight is 389 g/mol. The van der Waals surface area contributed by atoms with Crippen LogP contribution in [-0.2, 0) is 4.79 Å². The molecule has 1 N–H and O–H groups in total. The first kappa shape index (κ1) is 18.2. The summed E-state index contributed by atoms with van der Waals surface area (Å²) < 4.78 is 6.40. The van der Waals surface area contributed by atoms with Gasteiger partial charge in [-0.3, -0.25) is 4.79 Å². The lowest BCUT2D eigenvalue weighted by atomic mass is 10.1. The Hall–Kier alpha value is -2.14. The van der Waals surface area contributed by atoms with Gasteiger partial charge in [-0.25, -0.2) is 5.43 Å². The van der Waals surface area contributed by atoms with Gasteiger partial charge in [0.25, 0.3) is 5.91 Å². The molecule has 24 heavy (non-hydrogen) atoms. The van der Waals surface area contributed by atoms with Crippen LogP contribution in [0.25, 0.3) is 0 Å². The highest BCUT2D eigenvalue weighted by Gasteiger charge is 2.06. The van der Waals surface area contributed by atoms with E-state index in [-0.39, 0.29) is 12.5 Å². The van der Waals surface area contributed by atoms with Crippen molar-refractivity contribution in [2.45, 2.75) is 26.2 Å². The van der Waals surface area contributed by atoms with Crippen molar-refractivity contribution in [2.24, 2.45) is 5.10 Å². The Balaban J connectivity index is 1.92. The standard InChI is InChI=1S/C19H21BrN2O2/c1-2-3-9-18(15-7-5-4-6-8-15)21-22-19(23)14-24-17-12-10-16(20)11-13-17/h4-8,10-13H,2-3,9,14H2,1H3,(H,22,23). The fourth-order valence-electron chi connectivity index (χ4n) is 2.08. The number of hydrogen-bond acceptors (Lipinski definition) is 3. The van der Waals surface area contributed by atoms with E-state index in [1.54, 1.807) is 12.1 Å². The second-order valence-electron chi connectivity index (χ2n) is 5.31. The number of unbranched alkanes of at least 4 members (excludes halogenated alkanes) is 1. The van der Waals surface area contributed by atoms with E-state index in [2.05, 4.69) is 33.4 Å². The van der Waals surface area contributed by atoms with Crippen LogP contribution in [0.15, 0.2) is 64.2 Å². The summed E-state index contributed by atoms with van der Waals surface area (Å²) in [5.41, 5.74) is 4.50. The van der Waals surface area contributed by atoms with Crippen molar-refractivity contribution in [3.05, 3.63) is 64.6 Å². The van der Waals surface area contributed by atoms with Crippen LogP contribution in [0.4, 0.5) is 0 Å². The van der Waals surface area contributed by atoms with Gasteiger partial charge in [-0.15, -0.1) is 0 Å². The molecule has 4 nitrogen and oxygen atoms in total. The molecule has 0 aliphatic rings. The molecule has 0 aromatic heterocycles. The van der Waals surface area contributed by atoms with Crippen molar-refractivity contribution < 1.29 is 9.53 Å². The van der Waals surface area contributed by atoms with Crippen LogP contribution in [-0.4, -0.2) is 18.2 Å². The summed E-state index contributed by atoms with van der Waals surface area (Å²) >= 11 is 3.36. The molecule has 0 spiro atoms. The Morgan fingerprint density at radius 1 is 1.12 bits per heavy atom. The summed E-state index contributed by atoms with van der Waals surface area (Å²) in [7, 11) is 0. The summed E-state index contributed by atoms with van der Waals surface area (Å²) in [4.78, 5) is 11.9. The van der Waals surface area contributed by atoms with Crippen LogP contribution in [0.1, 0.15) is 31.7 Å². The lowest BCUT2D eigenvalue weighted by molar-refractivity contribution is -0.123. The molecular weight excluding hydrogens is 368 g/mol. The molecule has 2 aromatic carbocycles. The van der Waals surface area contributed by atoms with E-state index >= 15 is 0 Å². The number of carbonyl (C=O) groups is 1. The minimum Gasteiger partial charge on any atom is -0.484 e. The number of benzene rings is 2. The molecule has 0 radical (unpaired) electrons. The Morgan fingerprint density at radius 3 is 2.50 bits per heavy atom. The highest BCUT2D eigenvalue weighted by atomic mass is 79.9. The number of hydrogen-bond donors (Lipinski definition) is 1. The number of ether oxygens (including phenoxy) is 1. The maximum Gasteiger partial charge on any atom is 0.277 e. The van der Waals surface area contributed by atoms with Crippen LogP contribution in [0.3, 0.4) is 0 Å². The predicted molar refractivity (Wildman–Crippen MR) is 100 cm³/mol. The third-order valence-corrected chi connectivity index (χ3v) is 3.90. The molecule has 0 unspecified atom stereocenters. The molecule has 0 saturated carbocycles. The van der Waals surface area contributed by atoms with E-state index < -0.39 is 0 Å². The van der Waals surface area contributed by atoms with Crippen LogP contribution in [0, 0.1) is 0 Å². The molecule has 0 aliphatic heterocycles. The molecule has 126 valence electrons. The van der Waals surface area contributed by atoms with Crippen molar-refractivity contribution in [1.29, 1.82) is 0 Å². The average Bonchev–Trinajstić information content (AvgIpc) is 2.62. The third kappa shape index (κ3) is 6.16. The fraction of sp³-hybridized carbons (Fsp3) is 0.263. The smallest absolute Gasteiger partial charge is 0.277 e. The number of rotatable bonds is 8. The molecule has 2 aromatic rings. The van der Waals surface area contributed by atoms with E-state index in [1.807, 2.05) is 42.5 Å². The molecule has 0 saturated heterocycles. The molecule has 0 heterocycles. The number of halogens is 1. The van der Waals surface area contributed by atoms with Gasteiger partial charge in [-0.1, -0.05) is 59.6 Å². The van der Waals surface area contributed by atoms with Crippen LogP contribution < -0.4 is 10.2 Å². The van der Waals surface area contributed by atoms with Gasteiger partial charge in [-0.2, -0.15) is 5.10 Å². The minimum atomic E-state index is -0.275. The van der Waals surface area contributed by atoms with Gasteiger partial charge in [0.05, 0.1) is 5.71 Å². The van der Waals surface area contributed by atoms with Crippen molar-refractivity contribution in [2.75, 3.05) is 6.61 Å². The minimum absolute atomic E-state index is 0.0685. The van der Waals surface area contributed by atoms with E-state index in [4.69, 9.17) is 4.74 Å². The molecule has 0 fully saturated rings. The molecule has 0 bridgehead atoms. The second kappa shape index (κ2) is 9.88. The van der Waals surface area contributed by atoms with Crippen molar-refractivity contribution >= 4 is 27.5 Å². The molecule has 1 amide bonds. The van der Waals surface area contributed by atoms with E-state index in [9.17, 15) is 4.79 Å². The largest absolute Gasteiger partial charge is 0.484 e. The SMILES string of the molecule is CCCCC(=NNC(=O)COc1ccc(Br)cc1)c1ccccc1. The lowest BCUT2D eigenvalue weighted by Gasteiger charge is -2.08. The maximum atomic E-state index is 11.9. The Morgan fingerprint density at radius 2 is 1.83 bits per heavy atom. The monoisotopic (exact) mass is 388 g/mol. The van der Waals surface area contributed by atoms with E-state index in [0.717, 1.165) is 35.0 Å². The lowest BCUT2D eigenvalue weighted by Crippen LogP contribution is -2.26. The highest BCUT2D eigenvalue weighted by molar-refractivity contribution is 9.10. The van der Waals surface area contributed by atoms with Gasteiger partial charge in [0.2, 0.25) is 0 Å². The Kier molecular flexibility index (Phi) is 7.49. The normalized spacial score (nSPS) is 11.2. The predicted octanol–water partition coefficient (Wildman–Crippen LogP) is 4.54. The van der Waals surface area contributed by atoms with Gasteiger partial charge < -0.3 is 4.74 Å². The van der Waals surface area contributed by atoms with Gasteiger partial charge in [-0.05, 0) is 42.7 Å². The Labute approximate surface area is 151 Å². The zero-order valence-corrected chi connectivity index (χ0v) is 15.3. The zero-order chi connectivity index (χ0) is 17.2. The number of nitrogens with one attached hydrogen (secondary N) is 1. The topological polar surface area (TPSA) is 50.7 Å². The van der Waals surface area contributed by atoms with Gasteiger partial charge in [0.1, 0.15) is 5.75 Å². The Bertz CT molecular complexity index is 670. The van der Waals surface area contributed by atoms with Crippen molar-refractivity contribution in [1.82, 2.24) is 5.43 Å². The first-order valence-electron chi connectivity index (χ1n) is 7.98. The number of nitrogens with zero attached hydrogens (tertiary/aromatic N) is 1. The van der Waals surface area contributed by atoms with Gasteiger partial charge in [0.15, 0.2) is 6.61 Å². The number of amides is 1. The summed E-state index contributed by atoms with van der Waals surface area (Å²) in [6, 6.07) is 17.2. The van der Waals surface area contributed by atoms with Crippen LogP contribution in [0.2, 0.25) is 0 Å². The van der Waals surface area contributed by atoms with Crippen molar-refractivity contribution in [3.8, 4) is 5.75 Å².